The highest BCUT2D eigenvalue weighted by molar-refractivity contribution is 14.0. The van der Waals surface area contributed by atoms with Crippen LogP contribution in [0.5, 0.6) is 0 Å². The highest BCUT2D eigenvalue weighted by atomic mass is 127. The van der Waals surface area contributed by atoms with Gasteiger partial charge in [-0.15, -0.1) is 24.0 Å². The van der Waals surface area contributed by atoms with E-state index in [0.717, 1.165) is 24.1 Å². The second kappa shape index (κ2) is 7.49. The average molecular weight is 446 g/mol. The van der Waals surface area contributed by atoms with Gasteiger partial charge in [-0.25, -0.2) is 4.39 Å². The van der Waals surface area contributed by atoms with E-state index in [0.29, 0.717) is 17.5 Å². The Morgan fingerprint density at radius 2 is 1.91 bits per heavy atom. The Balaban J connectivity index is 0.00000192. The van der Waals surface area contributed by atoms with Crippen molar-refractivity contribution in [1.29, 1.82) is 0 Å². The molecule has 1 saturated carbocycles. The van der Waals surface area contributed by atoms with Crippen LogP contribution in [0.3, 0.4) is 0 Å². The first-order valence-electron chi connectivity index (χ1n) is 7.17. The summed E-state index contributed by atoms with van der Waals surface area (Å²) in [5, 5.41) is 3.51. The van der Waals surface area contributed by atoms with Crippen molar-refractivity contribution in [1.82, 2.24) is 0 Å². The van der Waals surface area contributed by atoms with E-state index in [1.807, 2.05) is 30.3 Å². The van der Waals surface area contributed by atoms with Crippen LogP contribution in [0.25, 0.3) is 0 Å². The van der Waals surface area contributed by atoms with Crippen molar-refractivity contribution in [2.24, 2.45) is 10.7 Å². The van der Waals surface area contributed by atoms with Gasteiger partial charge in [0, 0.05) is 16.1 Å². The summed E-state index contributed by atoms with van der Waals surface area (Å²) in [5.41, 5.74) is 7.67. The van der Waals surface area contributed by atoms with Crippen LogP contribution in [0, 0.1) is 5.82 Å². The molecule has 1 aliphatic carbocycles. The van der Waals surface area contributed by atoms with Gasteiger partial charge in [0.05, 0.1) is 6.54 Å². The molecule has 0 unspecified atom stereocenters. The number of nitrogens with two attached hydrogens (primary N) is 1. The average Bonchev–Trinajstić information content (AvgIpc) is 3.27. The fraction of sp³-hybridized carbons (Fsp3) is 0.235. The highest BCUT2D eigenvalue weighted by Gasteiger charge is 2.45. The Bertz CT molecular complexity index is 702. The maximum Gasteiger partial charge on any atom is 0.193 e. The van der Waals surface area contributed by atoms with Crippen LogP contribution in [0.4, 0.5) is 10.1 Å². The molecule has 3 nitrogen and oxygen atoms in total. The van der Waals surface area contributed by atoms with E-state index in [2.05, 4.69) is 10.3 Å². The summed E-state index contributed by atoms with van der Waals surface area (Å²) in [5.74, 6) is 0.0500. The molecular weight excluding hydrogens is 428 g/mol. The van der Waals surface area contributed by atoms with Crippen molar-refractivity contribution < 1.29 is 4.39 Å². The number of benzene rings is 2. The number of guanidine groups is 1. The van der Waals surface area contributed by atoms with Gasteiger partial charge in [-0.2, -0.15) is 0 Å². The molecule has 0 spiro atoms. The second-order valence-corrected chi connectivity index (χ2v) is 6.00. The van der Waals surface area contributed by atoms with E-state index in [-0.39, 0.29) is 35.2 Å². The largest absolute Gasteiger partial charge is 0.370 e. The summed E-state index contributed by atoms with van der Waals surface area (Å²) in [6.07, 6.45) is 1.97. The van der Waals surface area contributed by atoms with Crippen LogP contribution in [0.15, 0.2) is 53.5 Å². The third-order valence-corrected chi connectivity index (χ3v) is 4.27. The van der Waals surface area contributed by atoms with E-state index >= 15 is 0 Å². The molecule has 2 aromatic rings. The Morgan fingerprint density at radius 1 is 1.22 bits per heavy atom. The van der Waals surface area contributed by atoms with E-state index in [1.165, 1.54) is 12.1 Å². The van der Waals surface area contributed by atoms with Crippen LogP contribution in [-0.2, 0) is 5.41 Å². The third-order valence-electron chi connectivity index (χ3n) is 3.95. The third kappa shape index (κ3) is 4.35. The normalized spacial score (nSPS) is 15.7. The molecule has 2 aromatic carbocycles. The van der Waals surface area contributed by atoms with Gasteiger partial charge in [0.25, 0.3) is 0 Å². The number of hydrogen-bond acceptors (Lipinski definition) is 1. The van der Waals surface area contributed by atoms with Crippen LogP contribution >= 0.6 is 35.6 Å². The fourth-order valence-electron chi connectivity index (χ4n) is 2.53. The van der Waals surface area contributed by atoms with E-state index < -0.39 is 0 Å². The molecule has 0 radical (unpaired) electrons. The van der Waals surface area contributed by atoms with Crippen molar-refractivity contribution >= 4 is 47.2 Å². The smallest absolute Gasteiger partial charge is 0.193 e. The van der Waals surface area contributed by atoms with Gasteiger partial charge in [-0.1, -0.05) is 35.9 Å². The molecule has 3 rings (SSSR count). The fourth-order valence-corrected chi connectivity index (χ4v) is 2.90. The minimum absolute atomic E-state index is 0. The minimum Gasteiger partial charge on any atom is -0.370 e. The predicted octanol–water partition coefficient (Wildman–Crippen LogP) is 4.56. The molecule has 0 bridgehead atoms. The Kier molecular flexibility index (Phi) is 5.86. The number of anilines is 1. The number of aliphatic imine (C=N–C) groups is 1. The van der Waals surface area contributed by atoms with Crippen LogP contribution in [0.1, 0.15) is 18.4 Å². The SMILES string of the molecule is I.NC(=NCC1(c2ccc(F)cc2Cl)CC1)Nc1ccccc1. The van der Waals surface area contributed by atoms with Gasteiger partial charge in [0.2, 0.25) is 0 Å². The lowest BCUT2D eigenvalue weighted by Crippen LogP contribution is -2.25. The maximum absolute atomic E-state index is 13.2. The first-order valence-corrected chi connectivity index (χ1v) is 7.54. The van der Waals surface area contributed by atoms with Crippen molar-refractivity contribution in [3.05, 3.63) is 64.9 Å². The lowest BCUT2D eigenvalue weighted by molar-refractivity contribution is 0.623. The van der Waals surface area contributed by atoms with Gasteiger partial charge in [0.1, 0.15) is 5.82 Å². The molecule has 0 aromatic heterocycles. The van der Waals surface area contributed by atoms with Crippen molar-refractivity contribution in [2.45, 2.75) is 18.3 Å². The van der Waals surface area contributed by atoms with E-state index in [9.17, 15) is 4.39 Å². The van der Waals surface area contributed by atoms with Crippen LogP contribution < -0.4 is 11.1 Å². The molecule has 1 aliphatic rings. The van der Waals surface area contributed by atoms with Crippen molar-refractivity contribution in [3.8, 4) is 0 Å². The monoisotopic (exact) mass is 445 g/mol. The summed E-state index contributed by atoms with van der Waals surface area (Å²) in [7, 11) is 0. The zero-order chi connectivity index (χ0) is 15.6. The summed E-state index contributed by atoms with van der Waals surface area (Å²) >= 11 is 6.16. The topological polar surface area (TPSA) is 50.4 Å². The van der Waals surface area contributed by atoms with Gasteiger partial charge in [-0.3, -0.25) is 4.99 Å². The molecule has 0 amide bonds. The first kappa shape index (κ1) is 18.0. The zero-order valence-corrected chi connectivity index (χ0v) is 15.5. The van der Waals surface area contributed by atoms with Gasteiger partial charge < -0.3 is 11.1 Å². The molecular formula is C17H18ClFIN3. The van der Waals surface area contributed by atoms with Crippen LogP contribution in [-0.4, -0.2) is 12.5 Å². The van der Waals surface area contributed by atoms with Gasteiger partial charge >= 0.3 is 0 Å². The summed E-state index contributed by atoms with van der Waals surface area (Å²) < 4.78 is 13.2. The zero-order valence-electron chi connectivity index (χ0n) is 12.4. The molecule has 0 saturated heterocycles. The second-order valence-electron chi connectivity index (χ2n) is 5.60. The molecule has 6 heteroatoms. The minimum atomic E-state index is -0.321. The molecule has 122 valence electrons. The summed E-state index contributed by atoms with van der Waals surface area (Å²) in [6, 6.07) is 14.2. The number of nitrogens with one attached hydrogen (secondary N) is 1. The number of para-hydroxylation sites is 1. The van der Waals surface area contributed by atoms with E-state index in [4.69, 9.17) is 17.3 Å². The van der Waals surface area contributed by atoms with Gasteiger partial charge in [-0.05, 0) is 42.7 Å². The number of nitrogens with zero attached hydrogens (tertiary/aromatic N) is 1. The lowest BCUT2D eigenvalue weighted by atomic mass is 9.96. The highest BCUT2D eigenvalue weighted by Crippen LogP contribution is 2.50. The number of rotatable bonds is 4. The number of hydrogen-bond donors (Lipinski definition) is 2. The van der Waals surface area contributed by atoms with Crippen molar-refractivity contribution in [2.75, 3.05) is 11.9 Å². The first-order chi connectivity index (χ1) is 10.6. The lowest BCUT2D eigenvalue weighted by Gasteiger charge is -2.15. The number of halogens is 3. The summed E-state index contributed by atoms with van der Waals surface area (Å²) in [6.45, 7) is 0.546. The van der Waals surface area contributed by atoms with Gasteiger partial charge in [0.15, 0.2) is 5.96 Å². The molecule has 3 N–H and O–H groups in total. The summed E-state index contributed by atoms with van der Waals surface area (Å²) in [4.78, 5) is 4.42. The Labute approximate surface area is 157 Å². The van der Waals surface area contributed by atoms with Crippen molar-refractivity contribution in [3.63, 3.8) is 0 Å². The maximum atomic E-state index is 13.2. The van der Waals surface area contributed by atoms with E-state index in [1.54, 1.807) is 6.07 Å². The molecule has 0 atom stereocenters. The Morgan fingerprint density at radius 3 is 2.52 bits per heavy atom. The molecule has 0 aliphatic heterocycles. The predicted molar refractivity (Wildman–Crippen MR) is 104 cm³/mol. The molecule has 23 heavy (non-hydrogen) atoms. The standard InChI is InChI=1S/C17H17ClFN3.HI/c18-15-10-12(19)6-7-14(15)17(8-9-17)11-21-16(20)22-13-4-2-1-3-5-13;/h1-7,10H,8-9,11H2,(H3,20,21,22);1H. The molecule has 1 fully saturated rings. The Hall–Kier alpha value is -1.34. The molecule has 0 heterocycles. The van der Waals surface area contributed by atoms with Crippen LogP contribution in [0.2, 0.25) is 5.02 Å². The quantitative estimate of drug-likeness (QED) is 0.412.